The van der Waals surface area contributed by atoms with E-state index in [1.165, 1.54) is 4.90 Å². The Morgan fingerprint density at radius 2 is 1.59 bits per heavy atom. The Balaban J connectivity index is 1.91. The number of amides is 1. The zero-order valence-corrected chi connectivity index (χ0v) is 20.6. The minimum Gasteiger partial charge on any atom is -0.445 e. The maximum Gasteiger partial charge on any atom is 0.478 e. The molecule has 2 rings (SSSR count). The summed E-state index contributed by atoms with van der Waals surface area (Å²) in [6, 6.07) is 8.47. The monoisotopic (exact) mass is 471 g/mol. The third kappa shape index (κ3) is 8.90. The predicted molar refractivity (Wildman–Crippen MR) is 118 cm³/mol. The highest BCUT2D eigenvalue weighted by molar-refractivity contribution is 7.48. The predicted octanol–water partition coefficient (Wildman–Crippen LogP) is 5.04. The summed E-state index contributed by atoms with van der Waals surface area (Å²) in [5.74, 6) is -0.669. The molecule has 1 amide bonds. The summed E-state index contributed by atoms with van der Waals surface area (Å²) >= 11 is 0. The first kappa shape index (κ1) is 26.3. The highest BCUT2D eigenvalue weighted by Crippen LogP contribution is 2.55. The minimum atomic E-state index is -4.01. The lowest BCUT2D eigenvalue weighted by Gasteiger charge is -2.30. The molecule has 1 aromatic carbocycles. The fraction of sp³-hybridized carbons (Fsp3) is 0.636. The third-order valence-electron chi connectivity index (χ3n) is 4.15. The van der Waals surface area contributed by atoms with E-state index < -0.39 is 43.9 Å². The summed E-state index contributed by atoms with van der Waals surface area (Å²) in [6.07, 6.45) is 0.486. The molecule has 0 spiro atoms. The van der Waals surface area contributed by atoms with Crippen molar-refractivity contribution < 1.29 is 37.2 Å². The molecule has 0 N–H and O–H groups in total. The fourth-order valence-electron chi connectivity index (χ4n) is 3.02. The first-order valence-electron chi connectivity index (χ1n) is 10.6. The smallest absolute Gasteiger partial charge is 0.445 e. The number of likely N-dealkylation sites (tertiary alicyclic amines) is 1. The first-order valence-corrected chi connectivity index (χ1v) is 12.0. The molecule has 9 nitrogen and oxygen atoms in total. The number of phosphoric acid groups is 1. The Morgan fingerprint density at radius 1 is 1.00 bits per heavy atom. The first-order chi connectivity index (χ1) is 14.8. The van der Waals surface area contributed by atoms with Gasteiger partial charge in [-0.3, -0.25) is 13.9 Å². The van der Waals surface area contributed by atoms with Crippen LogP contribution in [0, 0.1) is 0 Å². The molecular weight excluding hydrogens is 437 g/mol. The summed E-state index contributed by atoms with van der Waals surface area (Å²) < 4.78 is 39.7. The van der Waals surface area contributed by atoms with Crippen LogP contribution in [0.2, 0.25) is 0 Å². The van der Waals surface area contributed by atoms with Gasteiger partial charge in [0.05, 0.1) is 11.2 Å². The molecule has 1 fully saturated rings. The summed E-state index contributed by atoms with van der Waals surface area (Å²) in [6.45, 7) is 10.1. The molecule has 1 atom stereocenters. The van der Waals surface area contributed by atoms with Crippen molar-refractivity contribution in [2.24, 2.45) is 0 Å². The van der Waals surface area contributed by atoms with Gasteiger partial charge in [-0.1, -0.05) is 30.3 Å². The van der Waals surface area contributed by atoms with Gasteiger partial charge in [0.25, 0.3) is 0 Å². The van der Waals surface area contributed by atoms with Gasteiger partial charge in [0.2, 0.25) is 6.79 Å². The van der Waals surface area contributed by atoms with Gasteiger partial charge in [-0.05, 0) is 59.9 Å². The molecule has 1 aromatic rings. The summed E-state index contributed by atoms with van der Waals surface area (Å²) in [7, 11) is -4.01. The quantitative estimate of drug-likeness (QED) is 0.295. The SMILES string of the molecule is CC(C)(C)OP(=O)(OCOC(=O)[C@@H]1CCCN1C(=O)OCc1ccccc1)OC(C)(C)C. The number of rotatable bonds is 8. The van der Waals surface area contributed by atoms with Crippen LogP contribution in [0.4, 0.5) is 4.79 Å². The normalized spacial score (nSPS) is 17.3. The lowest BCUT2D eigenvalue weighted by molar-refractivity contribution is -0.156. The Labute approximate surface area is 189 Å². The number of phosphoric ester groups is 1. The summed E-state index contributed by atoms with van der Waals surface area (Å²) in [5.41, 5.74) is -0.772. The van der Waals surface area contributed by atoms with E-state index >= 15 is 0 Å². The lowest BCUT2D eigenvalue weighted by atomic mass is 10.2. The molecule has 1 aliphatic rings. The Morgan fingerprint density at radius 3 is 2.16 bits per heavy atom. The van der Waals surface area contributed by atoms with E-state index in [-0.39, 0.29) is 6.61 Å². The van der Waals surface area contributed by atoms with Crippen molar-refractivity contribution in [3.05, 3.63) is 35.9 Å². The molecular formula is C22H34NO8P. The molecule has 1 saturated heterocycles. The average Bonchev–Trinajstić information content (AvgIpc) is 3.13. The largest absolute Gasteiger partial charge is 0.478 e. The van der Waals surface area contributed by atoms with Crippen LogP contribution >= 0.6 is 7.82 Å². The Kier molecular flexibility index (Phi) is 8.88. The molecule has 32 heavy (non-hydrogen) atoms. The second-order valence-electron chi connectivity index (χ2n) is 9.46. The number of benzene rings is 1. The standard InChI is InChI=1S/C22H34NO8P/c1-21(2,3)30-32(26,31-22(4,5)6)29-16-28-19(24)18-13-10-14-23(18)20(25)27-15-17-11-8-7-9-12-17/h7-9,11-12,18H,10,13-16H2,1-6H3/t18-/m0/s1. The number of esters is 1. The molecule has 1 aliphatic heterocycles. The van der Waals surface area contributed by atoms with Crippen LogP contribution in [-0.4, -0.2) is 47.5 Å². The van der Waals surface area contributed by atoms with Crippen LogP contribution in [0.15, 0.2) is 30.3 Å². The number of carbonyl (C=O) groups is 2. The second kappa shape index (κ2) is 10.8. The van der Waals surface area contributed by atoms with Gasteiger partial charge in [-0.2, -0.15) is 0 Å². The number of nitrogens with zero attached hydrogens (tertiary/aromatic N) is 1. The van der Waals surface area contributed by atoms with Crippen LogP contribution in [0.25, 0.3) is 0 Å². The third-order valence-corrected chi connectivity index (χ3v) is 6.11. The lowest BCUT2D eigenvalue weighted by Crippen LogP contribution is -2.41. The van der Waals surface area contributed by atoms with Crippen LogP contribution < -0.4 is 0 Å². The molecule has 0 bridgehead atoms. The van der Waals surface area contributed by atoms with Crippen LogP contribution in [0.1, 0.15) is 59.9 Å². The Bertz CT molecular complexity index is 795. The van der Waals surface area contributed by atoms with Gasteiger partial charge in [0.1, 0.15) is 12.6 Å². The van der Waals surface area contributed by atoms with Gasteiger partial charge in [0.15, 0.2) is 0 Å². The Hall–Kier alpha value is -1.93. The van der Waals surface area contributed by atoms with Crippen molar-refractivity contribution in [3.8, 4) is 0 Å². The van der Waals surface area contributed by atoms with Gasteiger partial charge in [-0.25, -0.2) is 18.7 Å². The van der Waals surface area contributed by atoms with E-state index in [4.69, 9.17) is 23.0 Å². The van der Waals surface area contributed by atoms with E-state index in [2.05, 4.69) is 0 Å². The number of hydrogen-bond acceptors (Lipinski definition) is 8. The van der Waals surface area contributed by atoms with Crippen molar-refractivity contribution >= 4 is 19.9 Å². The van der Waals surface area contributed by atoms with Crippen LogP contribution in [0.3, 0.4) is 0 Å². The highest BCUT2D eigenvalue weighted by Gasteiger charge is 2.39. The van der Waals surface area contributed by atoms with Gasteiger partial charge in [-0.15, -0.1) is 0 Å². The van der Waals surface area contributed by atoms with E-state index in [0.717, 1.165) is 5.56 Å². The number of hydrogen-bond donors (Lipinski definition) is 0. The van der Waals surface area contributed by atoms with Crippen molar-refractivity contribution in [1.29, 1.82) is 0 Å². The molecule has 0 aliphatic carbocycles. The van der Waals surface area contributed by atoms with Crippen molar-refractivity contribution in [2.45, 2.75) is 78.2 Å². The summed E-state index contributed by atoms with van der Waals surface area (Å²) in [5, 5.41) is 0. The van der Waals surface area contributed by atoms with Gasteiger partial charge in [0, 0.05) is 6.54 Å². The molecule has 0 aromatic heterocycles. The number of ether oxygens (including phenoxy) is 2. The van der Waals surface area contributed by atoms with Gasteiger partial charge >= 0.3 is 19.9 Å². The number of carbonyl (C=O) groups excluding carboxylic acids is 2. The minimum absolute atomic E-state index is 0.110. The maximum absolute atomic E-state index is 13.0. The summed E-state index contributed by atoms with van der Waals surface area (Å²) in [4.78, 5) is 26.4. The molecule has 1 heterocycles. The van der Waals surface area contributed by atoms with Crippen molar-refractivity contribution in [2.75, 3.05) is 13.3 Å². The maximum atomic E-state index is 13.0. The van der Waals surface area contributed by atoms with E-state index in [1.54, 1.807) is 41.5 Å². The highest BCUT2D eigenvalue weighted by atomic mass is 31.2. The van der Waals surface area contributed by atoms with E-state index in [9.17, 15) is 14.2 Å². The topological polar surface area (TPSA) is 101 Å². The van der Waals surface area contributed by atoms with E-state index in [1.807, 2.05) is 30.3 Å². The molecule has 180 valence electrons. The van der Waals surface area contributed by atoms with Crippen LogP contribution in [-0.2, 0) is 39.0 Å². The van der Waals surface area contributed by atoms with Crippen molar-refractivity contribution in [3.63, 3.8) is 0 Å². The molecule has 0 saturated carbocycles. The average molecular weight is 471 g/mol. The molecule has 10 heteroatoms. The molecule has 0 radical (unpaired) electrons. The molecule has 0 unspecified atom stereocenters. The van der Waals surface area contributed by atoms with Crippen LogP contribution in [0.5, 0.6) is 0 Å². The zero-order valence-electron chi connectivity index (χ0n) is 19.7. The zero-order chi connectivity index (χ0) is 24.0. The van der Waals surface area contributed by atoms with Gasteiger partial charge < -0.3 is 9.47 Å². The van der Waals surface area contributed by atoms with E-state index in [0.29, 0.717) is 19.4 Å². The second-order valence-corrected chi connectivity index (χ2v) is 11.0. The fourth-order valence-corrected chi connectivity index (χ4v) is 4.69. The van der Waals surface area contributed by atoms with Crippen molar-refractivity contribution in [1.82, 2.24) is 4.90 Å².